The van der Waals surface area contributed by atoms with Crippen LogP contribution in [0.1, 0.15) is 26.2 Å². The highest BCUT2D eigenvalue weighted by Gasteiger charge is 2.31. The molecule has 2 amide bonds. The van der Waals surface area contributed by atoms with E-state index < -0.39 is 0 Å². The molecule has 2 atom stereocenters. The monoisotopic (exact) mass is 358 g/mol. The maximum Gasteiger partial charge on any atom is 0.227 e. The molecular weight excluding hydrogens is 328 g/mol. The van der Waals surface area contributed by atoms with Crippen LogP contribution in [-0.2, 0) is 9.59 Å². The van der Waals surface area contributed by atoms with Gasteiger partial charge in [0.1, 0.15) is 0 Å². The van der Waals surface area contributed by atoms with Crippen LogP contribution in [0, 0.1) is 5.92 Å². The van der Waals surface area contributed by atoms with Crippen LogP contribution in [-0.4, -0.2) is 66.9 Å². The van der Waals surface area contributed by atoms with Crippen molar-refractivity contribution in [3.05, 3.63) is 30.3 Å². The Morgan fingerprint density at radius 3 is 2.46 bits per heavy atom. The Kier molecular flexibility index (Phi) is 6.14. The molecule has 1 aromatic rings. The van der Waals surface area contributed by atoms with E-state index in [0.717, 1.165) is 45.4 Å². The van der Waals surface area contributed by atoms with Crippen molar-refractivity contribution in [2.24, 2.45) is 11.7 Å². The summed E-state index contributed by atoms with van der Waals surface area (Å²) < 4.78 is 0. The molecule has 2 saturated heterocycles. The van der Waals surface area contributed by atoms with E-state index in [1.165, 1.54) is 5.69 Å². The molecule has 0 saturated carbocycles. The fourth-order valence-corrected chi connectivity index (χ4v) is 3.97. The number of carbonyl (C=O) groups excluding carboxylic acids is 2. The van der Waals surface area contributed by atoms with E-state index in [-0.39, 0.29) is 23.8 Å². The van der Waals surface area contributed by atoms with Crippen LogP contribution in [0.15, 0.2) is 30.3 Å². The third-order valence-electron chi connectivity index (χ3n) is 5.51. The summed E-state index contributed by atoms with van der Waals surface area (Å²) >= 11 is 0. The number of hydrogen-bond donors (Lipinski definition) is 1. The van der Waals surface area contributed by atoms with Crippen molar-refractivity contribution in [2.75, 3.05) is 44.2 Å². The number of para-hydroxylation sites is 1. The van der Waals surface area contributed by atoms with Crippen LogP contribution in [0.25, 0.3) is 0 Å². The molecular formula is C20H30N4O2. The number of nitrogens with two attached hydrogens (primary N) is 1. The summed E-state index contributed by atoms with van der Waals surface area (Å²) in [5.41, 5.74) is 7.30. The van der Waals surface area contributed by atoms with E-state index in [9.17, 15) is 9.59 Å². The number of likely N-dealkylation sites (tertiary alicyclic amines) is 1. The second-order valence-corrected chi connectivity index (χ2v) is 7.46. The van der Waals surface area contributed by atoms with Gasteiger partial charge in [-0.2, -0.15) is 0 Å². The van der Waals surface area contributed by atoms with E-state index in [1.54, 1.807) is 11.8 Å². The normalized spacial score (nSPS) is 24.8. The summed E-state index contributed by atoms with van der Waals surface area (Å²) in [7, 11) is 0. The Bertz CT molecular complexity index is 621. The fraction of sp³-hybridized carbons (Fsp3) is 0.600. The predicted molar refractivity (Wildman–Crippen MR) is 103 cm³/mol. The molecule has 6 nitrogen and oxygen atoms in total. The maximum absolute atomic E-state index is 13.1. The Labute approximate surface area is 155 Å². The summed E-state index contributed by atoms with van der Waals surface area (Å²) in [4.78, 5) is 31.0. The van der Waals surface area contributed by atoms with Crippen molar-refractivity contribution in [2.45, 2.75) is 32.2 Å². The molecule has 0 aromatic heterocycles. The first kappa shape index (κ1) is 18.7. The molecule has 0 unspecified atom stereocenters. The van der Waals surface area contributed by atoms with Crippen LogP contribution < -0.4 is 10.6 Å². The summed E-state index contributed by atoms with van der Waals surface area (Å²) in [5.74, 6) is 0.0576. The third kappa shape index (κ3) is 4.55. The predicted octanol–water partition coefficient (Wildman–Crippen LogP) is 1.31. The topological polar surface area (TPSA) is 69.9 Å². The lowest BCUT2D eigenvalue weighted by Gasteiger charge is -2.28. The second-order valence-electron chi connectivity index (χ2n) is 7.46. The van der Waals surface area contributed by atoms with Gasteiger partial charge < -0.3 is 20.4 Å². The second kappa shape index (κ2) is 8.54. The first-order chi connectivity index (χ1) is 12.5. The highest BCUT2D eigenvalue weighted by molar-refractivity contribution is 5.80. The molecule has 2 N–H and O–H groups in total. The van der Waals surface area contributed by atoms with E-state index in [1.807, 2.05) is 23.1 Å². The number of rotatable bonds is 2. The molecule has 2 heterocycles. The molecule has 3 rings (SSSR count). The number of anilines is 1. The third-order valence-corrected chi connectivity index (χ3v) is 5.51. The molecule has 0 aliphatic carbocycles. The van der Waals surface area contributed by atoms with E-state index in [2.05, 4.69) is 17.0 Å². The molecule has 2 aliphatic rings. The van der Waals surface area contributed by atoms with Gasteiger partial charge in [0.2, 0.25) is 11.8 Å². The zero-order valence-electron chi connectivity index (χ0n) is 15.6. The van der Waals surface area contributed by atoms with Crippen LogP contribution in [0.2, 0.25) is 0 Å². The summed E-state index contributed by atoms with van der Waals surface area (Å²) in [6.45, 7) is 5.94. The average Bonchev–Trinajstić information content (AvgIpc) is 3.00. The van der Waals surface area contributed by atoms with Gasteiger partial charge in [-0.05, 0) is 31.4 Å². The number of nitrogens with zero attached hydrogens (tertiary/aromatic N) is 3. The Morgan fingerprint density at radius 2 is 1.73 bits per heavy atom. The highest BCUT2D eigenvalue weighted by Crippen LogP contribution is 2.21. The van der Waals surface area contributed by atoms with Crippen molar-refractivity contribution in [1.82, 2.24) is 9.80 Å². The summed E-state index contributed by atoms with van der Waals surface area (Å²) in [6, 6.07) is 10.3. The van der Waals surface area contributed by atoms with E-state index in [0.29, 0.717) is 13.1 Å². The molecule has 0 spiro atoms. The van der Waals surface area contributed by atoms with Gasteiger partial charge in [0.15, 0.2) is 0 Å². The Morgan fingerprint density at radius 1 is 0.962 bits per heavy atom. The number of carbonyl (C=O) groups is 2. The number of amides is 2. The number of benzene rings is 1. The first-order valence-electron chi connectivity index (χ1n) is 9.64. The molecule has 26 heavy (non-hydrogen) atoms. The van der Waals surface area contributed by atoms with Crippen molar-refractivity contribution in [3.63, 3.8) is 0 Å². The molecule has 2 fully saturated rings. The zero-order valence-corrected chi connectivity index (χ0v) is 15.6. The van der Waals surface area contributed by atoms with Crippen LogP contribution in [0.4, 0.5) is 5.69 Å². The average molecular weight is 358 g/mol. The molecule has 6 heteroatoms. The minimum Gasteiger partial charge on any atom is -0.370 e. The van der Waals surface area contributed by atoms with Gasteiger partial charge in [-0.3, -0.25) is 9.59 Å². The van der Waals surface area contributed by atoms with Crippen LogP contribution in [0.5, 0.6) is 0 Å². The van der Waals surface area contributed by atoms with Gasteiger partial charge in [0, 0.05) is 57.9 Å². The van der Waals surface area contributed by atoms with Crippen LogP contribution >= 0.6 is 0 Å². The summed E-state index contributed by atoms with van der Waals surface area (Å²) in [6.07, 6.45) is 2.52. The van der Waals surface area contributed by atoms with E-state index in [4.69, 9.17) is 5.73 Å². The standard InChI is InChI=1S/C20H30N4O2/c1-16(25)24-14-17(8-9-18(21)15-24)20(26)23-11-5-10-22(12-13-23)19-6-3-2-4-7-19/h2-4,6-7,17-18H,5,8-15,21H2,1H3/t17-,18+/m1/s1. The minimum atomic E-state index is -0.129. The molecule has 142 valence electrons. The van der Waals surface area contributed by atoms with Crippen molar-refractivity contribution >= 4 is 17.5 Å². The Hall–Kier alpha value is -2.08. The quantitative estimate of drug-likeness (QED) is 0.865. The van der Waals surface area contributed by atoms with Gasteiger partial charge in [0.05, 0.1) is 5.92 Å². The lowest BCUT2D eigenvalue weighted by Crippen LogP contribution is -2.44. The van der Waals surface area contributed by atoms with Crippen molar-refractivity contribution in [1.29, 1.82) is 0 Å². The smallest absolute Gasteiger partial charge is 0.227 e. The lowest BCUT2D eigenvalue weighted by molar-refractivity contribution is -0.137. The van der Waals surface area contributed by atoms with E-state index >= 15 is 0 Å². The van der Waals surface area contributed by atoms with Gasteiger partial charge >= 0.3 is 0 Å². The SMILES string of the molecule is CC(=O)N1C[C@@H](N)CC[C@@H](C(=O)N2CCCN(c3ccccc3)CC2)C1. The van der Waals surface area contributed by atoms with Gasteiger partial charge in [-0.15, -0.1) is 0 Å². The van der Waals surface area contributed by atoms with Crippen molar-refractivity contribution < 1.29 is 9.59 Å². The number of hydrogen-bond acceptors (Lipinski definition) is 4. The molecule has 0 bridgehead atoms. The largest absolute Gasteiger partial charge is 0.370 e. The van der Waals surface area contributed by atoms with Gasteiger partial charge in [0.25, 0.3) is 0 Å². The minimum absolute atomic E-state index is 0.00580. The summed E-state index contributed by atoms with van der Waals surface area (Å²) in [5, 5.41) is 0. The van der Waals surface area contributed by atoms with Crippen LogP contribution in [0.3, 0.4) is 0 Å². The van der Waals surface area contributed by atoms with Gasteiger partial charge in [-0.25, -0.2) is 0 Å². The zero-order chi connectivity index (χ0) is 18.5. The van der Waals surface area contributed by atoms with Crippen molar-refractivity contribution in [3.8, 4) is 0 Å². The highest BCUT2D eigenvalue weighted by atomic mass is 16.2. The molecule has 0 radical (unpaired) electrons. The lowest BCUT2D eigenvalue weighted by atomic mass is 10.0. The first-order valence-corrected chi connectivity index (χ1v) is 9.64. The molecule has 2 aliphatic heterocycles. The fourth-order valence-electron chi connectivity index (χ4n) is 3.97. The Balaban J connectivity index is 1.63. The van der Waals surface area contributed by atoms with Gasteiger partial charge in [-0.1, -0.05) is 18.2 Å². The molecule has 1 aromatic carbocycles. The maximum atomic E-state index is 13.1.